The molecule has 0 bridgehead atoms. The zero-order valence-electron chi connectivity index (χ0n) is 18.8. The summed E-state index contributed by atoms with van der Waals surface area (Å²) < 4.78 is 33.0. The number of ether oxygens (including phenoxy) is 1. The Kier molecular flexibility index (Phi) is 8.58. The van der Waals surface area contributed by atoms with E-state index in [0.717, 1.165) is 30.1 Å². The Labute approximate surface area is 195 Å². The van der Waals surface area contributed by atoms with E-state index < -0.39 is 10.0 Å². The van der Waals surface area contributed by atoms with Gasteiger partial charge in [0.05, 0.1) is 29.5 Å². The monoisotopic (exact) mass is 477 g/mol. The molecule has 0 unspecified atom stereocenters. The van der Waals surface area contributed by atoms with Crippen molar-refractivity contribution in [2.45, 2.75) is 24.5 Å². The van der Waals surface area contributed by atoms with Crippen LogP contribution in [0.1, 0.15) is 29.8 Å². The van der Waals surface area contributed by atoms with Gasteiger partial charge in [0.25, 0.3) is 5.91 Å². The summed E-state index contributed by atoms with van der Waals surface area (Å²) in [4.78, 5) is 15.2. The van der Waals surface area contributed by atoms with E-state index in [2.05, 4.69) is 10.2 Å². The van der Waals surface area contributed by atoms with E-state index in [1.807, 2.05) is 32.2 Å². The molecular formula is C23H31N3O4S2. The quantitative estimate of drug-likeness (QED) is 0.594. The van der Waals surface area contributed by atoms with E-state index in [1.165, 1.54) is 4.31 Å². The molecule has 1 saturated heterocycles. The SMILES string of the molecule is CCN(CC)c1ccc(S(=O)(=O)N2CCOCC2)cc1NC(=O)c1ccc(CSC)cc1. The molecule has 0 spiro atoms. The van der Waals surface area contributed by atoms with Gasteiger partial charge in [-0.05, 0) is 56.0 Å². The molecule has 1 aliphatic heterocycles. The maximum Gasteiger partial charge on any atom is 0.255 e. The lowest BCUT2D eigenvalue weighted by Crippen LogP contribution is -2.40. The van der Waals surface area contributed by atoms with Crippen molar-refractivity contribution in [3.8, 4) is 0 Å². The van der Waals surface area contributed by atoms with Gasteiger partial charge >= 0.3 is 0 Å². The summed E-state index contributed by atoms with van der Waals surface area (Å²) in [5.74, 6) is 0.616. The van der Waals surface area contributed by atoms with Gasteiger partial charge in [0.2, 0.25) is 10.0 Å². The summed E-state index contributed by atoms with van der Waals surface area (Å²) in [6.45, 7) is 6.93. The first-order valence-electron chi connectivity index (χ1n) is 10.8. The van der Waals surface area contributed by atoms with Gasteiger partial charge in [-0.1, -0.05) is 12.1 Å². The number of rotatable bonds is 9. The molecule has 3 rings (SSSR count). The first kappa shape index (κ1) is 24.6. The molecule has 1 N–H and O–H groups in total. The number of morpholine rings is 1. The molecule has 2 aromatic carbocycles. The molecule has 9 heteroatoms. The average molecular weight is 478 g/mol. The average Bonchev–Trinajstić information content (AvgIpc) is 2.82. The van der Waals surface area contributed by atoms with Crippen LogP contribution in [-0.4, -0.2) is 64.3 Å². The number of sulfonamides is 1. The third-order valence-electron chi connectivity index (χ3n) is 5.46. The Bertz CT molecular complexity index is 1020. The number of carbonyl (C=O) groups excluding carboxylic acids is 1. The van der Waals surface area contributed by atoms with E-state index in [-0.39, 0.29) is 10.8 Å². The van der Waals surface area contributed by atoms with Crippen LogP contribution in [0.15, 0.2) is 47.4 Å². The highest BCUT2D eigenvalue weighted by molar-refractivity contribution is 7.97. The van der Waals surface area contributed by atoms with Crippen molar-refractivity contribution >= 4 is 39.1 Å². The summed E-state index contributed by atoms with van der Waals surface area (Å²) in [6.07, 6.45) is 2.04. The van der Waals surface area contributed by atoms with Crippen molar-refractivity contribution in [2.75, 3.05) is 55.9 Å². The maximum atomic E-state index is 13.2. The number of nitrogens with zero attached hydrogens (tertiary/aromatic N) is 2. The van der Waals surface area contributed by atoms with Crippen LogP contribution in [0.25, 0.3) is 0 Å². The van der Waals surface area contributed by atoms with Crippen LogP contribution in [0.4, 0.5) is 11.4 Å². The van der Waals surface area contributed by atoms with Crippen molar-refractivity contribution in [1.29, 1.82) is 0 Å². The molecule has 0 radical (unpaired) electrons. The van der Waals surface area contributed by atoms with Crippen LogP contribution in [0, 0.1) is 0 Å². The second-order valence-corrected chi connectivity index (χ2v) is 10.3. The molecule has 32 heavy (non-hydrogen) atoms. The van der Waals surface area contributed by atoms with Crippen LogP contribution in [-0.2, 0) is 20.5 Å². The molecule has 0 aliphatic carbocycles. The first-order chi connectivity index (χ1) is 15.4. The number of thioether (sulfide) groups is 1. The summed E-state index contributed by atoms with van der Waals surface area (Å²) in [6, 6.07) is 12.4. The van der Waals surface area contributed by atoms with Crippen LogP contribution in [0.3, 0.4) is 0 Å². The summed E-state index contributed by atoms with van der Waals surface area (Å²) in [7, 11) is -3.67. The molecular weight excluding hydrogens is 446 g/mol. The third kappa shape index (κ3) is 5.64. The smallest absolute Gasteiger partial charge is 0.255 e. The Morgan fingerprint density at radius 2 is 1.75 bits per heavy atom. The fourth-order valence-corrected chi connectivity index (χ4v) is 5.63. The fourth-order valence-electron chi connectivity index (χ4n) is 3.67. The van der Waals surface area contributed by atoms with Gasteiger partial charge in [-0.2, -0.15) is 16.1 Å². The molecule has 1 amide bonds. The number of hydrogen-bond donors (Lipinski definition) is 1. The minimum absolute atomic E-state index is 0.168. The summed E-state index contributed by atoms with van der Waals surface area (Å²) >= 11 is 1.72. The molecule has 7 nitrogen and oxygen atoms in total. The van der Waals surface area contributed by atoms with Gasteiger partial charge in [-0.3, -0.25) is 4.79 Å². The minimum Gasteiger partial charge on any atom is -0.379 e. The van der Waals surface area contributed by atoms with Gasteiger partial charge in [-0.15, -0.1) is 0 Å². The zero-order valence-corrected chi connectivity index (χ0v) is 20.5. The standard InChI is InChI=1S/C23H31N3O4S2/c1-4-25(5-2)22-11-10-20(32(28,29)26-12-14-30-15-13-26)16-21(22)24-23(27)19-8-6-18(7-9-19)17-31-3/h6-11,16H,4-5,12-15,17H2,1-3H3,(H,24,27). The first-order valence-corrected chi connectivity index (χ1v) is 13.6. The van der Waals surface area contributed by atoms with Crippen molar-refractivity contribution in [2.24, 2.45) is 0 Å². The Morgan fingerprint density at radius 1 is 1.09 bits per heavy atom. The predicted molar refractivity (Wildman–Crippen MR) is 131 cm³/mol. The van der Waals surface area contributed by atoms with Gasteiger partial charge in [0, 0.05) is 37.5 Å². The lowest BCUT2D eigenvalue weighted by molar-refractivity contribution is 0.0730. The van der Waals surface area contributed by atoms with Crippen LogP contribution in [0.5, 0.6) is 0 Å². The van der Waals surface area contributed by atoms with E-state index >= 15 is 0 Å². The van der Waals surface area contributed by atoms with Gasteiger partial charge < -0.3 is 15.0 Å². The zero-order chi connectivity index (χ0) is 23.1. The Hall–Kier alpha value is -2.07. The third-order valence-corrected chi connectivity index (χ3v) is 7.97. The van der Waals surface area contributed by atoms with E-state index in [9.17, 15) is 13.2 Å². The lowest BCUT2D eigenvalue weighted by atomic mass is 10.1. The van der Waals surface area contributed by atoms with Crippen molar-refractivity contribution in [3.05, 3.63) is 53.6 Å². The Morgan fingerprint density at radius 3 is 2.34 bits per heavy atom. The normalized spacial score (nSPS) is 14.8. The van der Waals surface area contributed by atoms with Crippen LogP contribution >= 0.6 is 11.8 Å². The summed E-state index contributed by atoms with van der Waals surface area (Å²) in [5, 5.41) is 2.95. The van der Waals surface area contributed by atoms with E-state index in [0.29, 0.717) is 37.6 Å². The van der Waals surface area contributed by atoms with Crippen LogP contribution < -0.4 is 10.2 Å². The van der Waals surface area contributed by atoms with Gasteiger partial charge in [0.15, 0.2) is 0 Å². The number of amides is 1. The molecule has 0 aromatic heterocycles. The second-order valence-electron chi connectivity index (χ2n) is 7.45. The maximum absolute atomic E-state index is 13.2. The van der Waals surface area contributed by atoms with Crippen molar-refractivity contribution < 1.29 is 17.9 Å². The van der Waals surface area contributed by atoms with Gasteiger partial charge in [-0.25, -0.2) is 8.42 Å². The second kappa shape index (κ2) is 11.2. The molecule has 1 heterocycles. The van der Waals surface area contributed by atoms with E-state index in [4.69, 9.17) is 4.74 Å². The number of nitrogens with one attached hydrogen (secondary N) is 1. The minimum atomic E-state index is -3.67. The molecule has 1 aliphatic rings. The molecule has 0 atom stereocenters. The lowest BCUT2D eigenvalue weighted by Gasteiger charge is -2.28. The van der Waals surface area contributed by atoms with Crippen LogP contribution in [0.2, 0.25) is 0 Å². The predicted octanol–water partition coefficient (Wildman–Crippen LogP) is 3.67. The highest BCUT2D eigenvalue weighted by atomic mass is 32.2. The fraction of sp³-hybridized carbons (Fsp3) is 0.435. The van der Waals surface area contributed by atoms with Crippen molar-refractivity contribution in [3.63, 3.8) is 0 Å². The highest BCUT2D eigenvalue weighted by Gasteiger charge is 2.27. The van der Waals surface area contributed by atoms with E-state index in [1.54, 1.807) is 42.1 Å². The topological polar surface area (TPSA) is 79.0 Å². The number of carbonyl (C=O) groups is 1. The summed E-state index contributed by atoms with van der Waals surface area (Å²) in [5.41, 5.74) is 2.96. The highest BCUT2D eigenvalue weighted by Crippen LogP contribution is 2.31. The number of benzene rings is 2. The molecule has 0 saturated carbocycles. The molecule has 174 valence electrons. The molecule has 1 fully saturated rings. The van der Waals surface area contributed by atoms with Gasteiger partial charge in [0.1, 0.15) is 0 Å². The number of hydrogen-bond acceptors (Lipinski definition) is 6. The number of anilines is 2. The largest absolute Gasteiger partial charge is 0.379 e. The molecule has 2 aromatic rings. The Balaban J connectivity index is 1.93. The van der Waals surface area contributed by atoms with Crippen molar-refractivity contribution in [1.82, 2.24) is 4.31 Å².